The van der Waals surface area contributed by atoms with Crippen molar-refractivity contribution in [2.45, 2.75) is 26.1 Å². The molecule has 1 atom stereocenters. The van der Waals surface area contributed by atoms with Gasteiger partial charge >= 0.3 is 5.69 Å². The molecule has 3 aromatic rings. The van der Waals surface area contributed by atoms with Crippen molar-refractivity contribution in [3.63, 3.8) is 0 Å². The lowest BCUT2D eigenvalue weighted by atomic mass is 10.1. The van der Waals surface area contributed by atoms with Crippen molar-refractivity contribution in [3.8, 4) is 5.75 Å². The van der Waals surface area contributed by atoms with Gasteiger partial charge in [0.25, 0.3) is 5.91 Å². The molecule has 1 aliphatic heterocycles. The Morgan fingerprint density at radius 3 is 2.41 bits per heavy atom. The Hall–Kier alpha value is -3.55. The quantitative estimate of drug-likeness (QED) is 0.724. The summed E-state index contributed by atoms with van der Waals surface area (Å²) in [6, 6.07) is 14.5. The van der Waals surface area contributed by atoms with Crippen molar-refractivity contribution in [2.24, 2.45) is 0 Å². The van der Waals surface area contributed by atoms with Gasteiger partial charge in [0.15, 0.2) is 6.10 Å². The van der Waals surface area contributed by atoms with E-state index in [-0.39, 0.29) is 30.6 Å². The second kappa shape index (κ2) is 7.46. The standard InChI is InChI=1S/C21H22N4O4/c1-3-23-14-8-4-5-9-15(14)25(21(23)28)13-19(26)24-12-18(20(27)22-2)29-17-11-7-6-10-16(17)24/h4-11,18H,3,12-13H2,1-2H3,(H,22,27)/t18-/m1/s1. The average Bonchev–Trinajstić information content (AvgIpc) is 3.03. The maximum Gasteiger partial charge on any atom is 0.329 e. The highest BCUT2D eigenvalue weighted by Crippen LogP contribution is 2.33. The van der Waals surface area contributed by atoms with Crippen LogP contribution in [0.25, 0.3) is 11.0 Å². The zero-order valence-corrected chi connectivity index (χ0v) is 16.3. The number of aryl methyl sites for hydroxylation is 1. The minimum Gasteiger partial charge on any atom is -0.477 e. The highest BCUT2D eigenvalue weighted by molar-refractivity contribution is 5.97. The van der Waals surface area contributed by atoms with Crippen LogP contribution in [0.1, 0.15) is 6.92 Å². The summed E-state index contributed by atoms with van der Waals surface area (Å²) in [5.41, 5.74) is 1.85. The van der Waals surface area contributed by atoms with E-state index in [9.17, 15) is 14.4 Å². The Morgan fingerprint density at radius 1 is 1.07 bits per heavy atom. The van der Waals surface area contributed by atoms with Crippen LogP contribution in [0.3, 0.4) is 0 Å². The fourth-order valence-electron chi connectivity index (χ4n) is 3.72. The van der Waals surface area contributed by atoms with E-state index in [0.717, 1.165) is 5.52 Å². The predicted molar refractivity (Wildman–Crippen MR) is 109 cm³/mol. The van der Waals surface area contributed by atoms with Crippen molar-refractivity contribution in [1.82, 2.24) is 14.5 Å². The Morgan fingerprint density at radius 2 is 1.72 bits per heavy atom. The number of nitrogens with one attached hydrogen (secondary N) is 1. The summed E-state index contributed by atoms with van der Waals surface area (Å²) < 4.78 is 8.87. The molecule has 0 bridgehead atoms. The van der Waals surface area contributed by atoms with E-state index in [0.29, 0.717) is 23.5 Å². The first-order valence-corrected chi connectivity index (χ1v) is 9.50. The molecule has 0 unspecified atom stereocenters. The number of imidazole rings is 1. The zero-order valence-electron chi connectivity index (χ0n) is 16.3. The van der Waals surface area contributed by atoms with Gasteiger partial charge in [0.05, 0.1) is 23.3 Å². The van der Waals surface area contributed by atoms with Gasteiger partial charge in [-0.3, -0.25) is 18.7 Å². The van der Waals surface area contributed by atoms with Gasteiger partial charge < -0.3 is 15.0 Å². The van der Waals surface area contributed by atoms with Crippen LogP contribution in [0, 0.1) is 0 Å². The molecule has 0 aliphatic carbocycles. The first-order chi connectivity index (χ1) is 14.0. The molecular formula is C21H22N4O4. The molecular weight excluding hydrogens is 372 g/mol. The molecule has 1 N–H and O–H groups in total. The molecule has 0 radical (unpaired) electrons. The van der Waals surface area contributed by atoms with E-state index < -0.39 is 6.10 Å². The molecule has 4 rings (SSSR count). The summed E-state index contributed by atoms with van der Waals surface area (Å²) in [6.45, 7) is 2.36. The van der Waals surface area contributed by atoms with Crippen LogP contribution >= 0.6 is 0 Å². The van der Waals surface area contributed by atoms with Crippen LogP contribution in [-0.4, -0.2) is 40.6 Å². The summed E-state index contributed by atoms with van der Waals surface area (Å²) in [7, 11) is 1.53. The van der Waals surface area contributed by atoms with E-state index in [2.05, 4.69) is 5.32 Å². The Kier molecular flexibility index (Phi) is 4.84. The molecule has 2 heterocycles. The third-order valence-electron chi connectivity index (χ3n) is 5.15. The first-order valence-electron chi connectivity index (χ1n) is 9.50. The van der Waals surface area contributed by atoms with Crippen LogP contribution in [-0.2, 0) is 22.7 Å². The number of amides is 2. The Bertz CT molecular complexity index is 1150. The van der Waals surface area contributed by atoms with Crippen molar-refractivity contribution >= 4 is 28.5 Å². The number of rotatable bonds is 4. The fraction of sp³-hybridized carbons (Fsp3) is 0.286. The topological polar surface area (TPSA) is 85.6 Å². The number of nitrogens with zero attached hydrogens (tertiary/aromatic N) is 3. The summed E-state index contributed by atoms with van der Waals surface area (Å²) in [6.07, 6.45) is -0.812. The van der Waals surface area contributed by atoms with Gasteiger partial charge in [0.1, 0.15) is 12.3 Å². The lowest BCUT2D eigenvalue weighted by Crippen LogP contribution is -2.51. The second-order valence-corrected chi connectivity index (χ2v) is 6.79. The van der Waals surface area contributed by atoms with Crippen molar-refractivity contribution in [3.05, 3.63) is 59.0 Å². The molecule has 2 aromatic carbocycles. The van der Waals surface area contributed by atoms with Gasteiger partial charge in [-0.15, -0.1) is 0 Å². The van der Waals surface area contributed by atoms with E-state index in [1.54, 1.807) is 28.8 Å². The molecule has 8 nitrogen and oxygen atoms in total. The van der Waals surface area contributed by atoms with Gasteiger partial charge in [-0.1, -0.05) is 24.3 Å². The minimum absolute atomic E-state index is 0.0800. The van der Waals surface area contributed by atoms with Gasteiger partial charge in [-0.2, -0.15) is 0 Å². The molecule has 0 fully saturated rings. The summed E-state index contributed by atoms with van der Waals surface area (Å²) in [4.78, 5) is 39.8. The van der Waals surface area contributed by atoms with E-state index in [1.807, 2.05) is 31.2 Å². The van der Waals surface area contributed by atoms with Crippen molar-refractivity contribution in [1.29, 1.82) is 0 Å². The number of hydrogen-bond donors (Lipinski definition) is 1. The molecule has 1 aliphatic rings. The molecule has 0 saturated carbocycles. The monoisotopic (exact) mass is 394 g/mol. The number of aromatic nitrogens is 2. The number of fused-ring (bicyclic) bond motifs is 2. The van der Waals surface area contributed by atoms with Gasteiger partial charge in [0.2, 0.25) is 5.91 Å². The lowest BCUT2D eigenvalue weighted by Gasteiger charge is -2.34. The molecule has 1 aromatic heterocycles. The molecule has 2 amide bonds. The van der Waals surface area contributed by atoms with Crippen molar-refractivity contribution < 1.29 is 14.3 Å². The number of ether oxygens (including phenoxy) is 1. The maximum absolute atomic E-state index is 13.2. The van der Waals surface area contributed by atoms with Gasteiger partial charge in [-0.05, 0) is 31.2 Å². The second-order valence-electron chi connectivity index (χ2n) is 6.79. The molecule has 0 saturated heterocycles. The molecule has 0 spiro atoms. The number of likely N-dealkylation sites (N-methyl/N-ethyl adjacent to an activating group) is 1. The molecule has 150 valence electrons. The summed E-state index contributed by atoms with van der Waals surface area (Å²) >= 11 is 0. The highest BCUT2D eigenvalue weighted by atomic mass is 16.5. The molecule has 8 heteroatoms. The largest absolute Gasteiger partial charge is 0.477 e. The fourth-order valence-corrected chi connectivity index (χ4v) is 3.72. The first kappa shape index (κ1) is 18.8. The summed E-state index contributed by atoms with van der Waals surface area (Å²) in [5, 5.41) is 2.56. The third-order valence-corrected chi connectivity index (χ3v) is 5.15. The summed E-state index contributed by atoms with van der Waals surface area (Å²) in [5.74, 6) is -0.128. The lowest BCUT2D eigenvalue weighted by molar-refractivity contribution is -0.128. The van der Waals surface area contributed by atoms with Gasteiger partial charge in [-0.25, -0.2) is 4.79 Å². The minimum atomic E-state index is -0.812. The normalized spacial score (nSPS) is 15.7. The maximum atomic E-state index is 13.2. The SMILES string of the molecule is CCn1c(=O)n(CC(=O)N2C[C@H](C(=O)NC)Oc3ccccc32)c2ccccc21. The molecule has 29 heavy (non-hydrogen) atoms. The van der Waals surface area contributed by atoms with Crippen LogP contribution < -0.4 is 20.6 Å². The van der Waals surface area contributed by atoms with Gasteiger partial charge in [0, 0.05) is 13.6 Å². The number of para-hydroxylation sites is 4. The number of hydrogen-bond acceptors (Lipinski definition) is 4. The zero-order chi connectivity index (χ0) is 20.5. The van der Waals surface area contributed by atoms with E-state index in [4.69, 9.17) is 4.74 Å². The smallest absolute Gasteiger partial charge is 0.329 e. The average molecular weight is 394 g/mol. The van der Waals surface area contributed by atoms with Crippen LogP contribution in [0.4, 0.5) is 5.69 Å². The Balaban J connectivity index is 1.72. The predicted octanol–water partition coefficient (Wildman–Crippen LogP) is 1.36. The van der Waals surface area contributed by atoms with Crippen LogP contribution in [0.2, 0.25) is 0 Å². The van der Waals surface area contributed by atoms with Crippen LogP contribution in [0.5, 0.6) is 5.75 Å². The number of benzene rings is 2. The highest BCUT2D eigenvalue weighted by Gasteiger charge is 2.33. The number of anilines is 1. The number of carbonyl (C=O) groups excluding carboxylic acids is 2. The van der Waals surface area contributed by atoms with Crippen LogP contribution in [0.15, 0.2) is 53.3 Å². The number of carbonyl (C=O) groups is 2. The Labute approximate surface area is 167 Å². The van der Waals surface area contributed by atoms with E-state index in [1.165, 1.54) is 16.5 Å². The third kappa shape index (κ3) is 3.16. The van der Waals surface area contributed by atoms with Crippen molar-refractivity contribution in [2.75, 3.05) is 18.5 Å². The van der Waals surface area contributed by atoms with E-state index >= 15 is 0 Å².